The Bertz CT molecular complexity index is 2470. The number of rotatable bonds is 5. The molecule has 0 saturated carbocycles. The molecule has 0 bridgehead atoms. The fourth-order valence-electron chi connectivity index (χ4n) is 7.06. The molecular formula is C44H30N2. The van der Waals surface area contributed by atoms with E-state index in [0.29, 0.717) is 0 Å². The molecule has 0 unspecified atom stereocenters. The summed E-state index contributed by atoms with van der Waals surface area (Å²) in [5.74, 6) is 0. The van der Waals surface area contributed by atoms with E-state index in [1.165, 1.54) is 54.5 Å². The van der Waals surface area contributed by atoms with Gasteiger partial charge in [-0.15, -0.1) is 0 Å². The van der Waals surface area contributed by atoms with Gasteiger partial charge in [0.1, 0.15) is 0 Å². The summed E-state index contributed by atoms with van der Waals surface area (Å²) < 4.78 is 2.43. The third-order valence-corrected chi connectivity index (χ3v) is 9.14. The fraction of sp³-hybridized carbons (Fsp3) is 0. The molecule has 0 atom stereocenters. The van der Waals surface area contributed by atoms with E-state index in [9.17, 15) is 0 Å². The SMILES string of the molecule is c1ccc(N(c2ccccc2)c2ccc(-n3c4cccc(-c5ccc6ccccc6c5)c4c4c5ccccc5ccc43)cc2)cc1. The zero-order chi connectivity index (χ0) is 30.5. The largest absolute Gasteiger partial charge is 0.311 e. The number of aromatic nitrogens is 1. The Morgan fingerprint density at radius 3 is 1.70 bits per heavy atom. The molecule has 0 aliphatic heterocycles. The molecule has 0 amide bonds. The first-order valence-electron chi connectivity index (χ1n) is 15.8. The van der Waals surface area contributed by atoms with Crippen LogP contribution in [0, 0.1) is 0 Å². The average Bonchev–Trinajstić information content (AvgIpc) is 3.48. The number of para-hydroxylation sites is 2. The first kappa shape index (κ1) is 26.3. The van der Waals surface area contributed by atoms with Crippen LogP contribution < -0.4 is 4.90 Å². The second-order valence-electron chi connectivity index (χ2n) is 11.8. The van der Waals surface area contributed by atoms with Gasteiger partial charge in [0.25, 0.3) is 0 Å². The van der Waals surface area contributed by atoms with E-state index >= 15 is 0 Å². The predicted molar refractivity (Wildman–Crippen MR) is 196 cm³/mol. The highest BCUT2D eigenvalue weighted by molar-refractivity contribution is 6.25. The van der Waals surface area contributed by atoms with Gasteiger partial charge in [0.05, 0.1) is 11.0 Å². The van der Waals surface area contributed by atoms with Crippen molar-refractivity contribution in [2.24, 2.45) is 0 Å². The molecule has 2 heteroatoms. The van der Waals surface area contributed by atoms with Crippen LogP contribution in [0.1, 0.15) is 0 Å². The van der Waals surface area contributed by atoms with E-state index in [2.05, 4.69) is 191 Å². The number of hydrogen-bond acceptors (Lipinski definition) is 1. The molecule has 0 aliphatic rings. The van der Waals surface area contributed by atoms with E-state index in [1.54, 1.807) is 0 Å². The lowest BCUT2D eigenvalue weighted by molar-refractivity contribution is 1.17. The van der Waals surface area contributed by atoms with Gasteiger partial charge in [-0.05, 0) is 99.4 Å². The molecule has 0 saturated heterocycles. The molecule has 1 heterocycles. The van der Waals surface area contributed by atoms with Crippen molar-refractivity contribution < 1.29 is 0 Å². The van der Waals surface area contributed by atoms with E-state index in [-0.39, 0.29) is 0 Å². The summed E-state index contributed by atoms with van der Waals surface area (Å²) in [7, 11) is 0. The molecule has 9 aromatic rings. The molecule has 0 spiro atoms. The van der Waals surface area contributed by atoms with Gasteiger partial charge in [-0.25, -0.2) is 0 Å². The van der Waals surface area contributed by atoms with Gasteiger partial charge in [-0.3, -0.25) is 0 Å². The maximum atomic E-state index is 2.43. The molecule has 0 fully saturated rings. The van der Waals surface area contributed by atoms with Crippen LogP contribution in [0.4, 0.5) is 17.1 Å². The molecule has 46 heavy (non-hydrogen) atoms. The number of nitrogens with zero attached hydrogens (tertiary/aromatic N) is 2. The lowest BCUT2D eigenvalue weighted by Crippen LogP contribution is -2.09. The summed E-state index contributed by atoms with van der Waals surface area (Å²) in [4.78, 5) is 2.31. The molecule has 1 aromatic heterocycles. The third-order valence-electron chi connectivity index (χ3n) is 9.14. The maximum Gasteiger partial charge on any atom is 0.0547 e. The van der Waals surface area contributed by atoms with Crippen molar-refractivity contribution in [3.05, 3.63) is 182 Å². The number of anilines is 3. The van der Waals surface area contributed by atoms with Crippen molar-refractivity contribution in [3.8, 4) is 16.8 Å². The number of hydrogen-bond donors (Lipinski definition) is 0. The van der Waals surface area contributed by atoms with Crippen LogP contribution in [0.2, 0.25) is 0 Å². The topological polar surface area (TPSA) is 8.17 Å². The van der Waals surface area contributed by atoms with Gasteiger partial charge in [-0.1, -0.05) is 115 Å². The molecule has 0 N–H and O–H groups in total. The van der Waals surface area contributed by atoms with Gasteiger partial charge in [0.2, 0.25) is 0 Å². The Morgan fingerprint density at radius 1 is 0.370 bits per heavy atom. The highest BCUT2D eigenvalue weighted by Gasteiger charge is 2.19. The molecule has 0 aliphatic carbocycles. The highest BCUT2D eigenvalue weighted by Crippen LogP contribution is 2.43. The van der Waals surface area contributed by atoms with Crippen LogP contribution in [-0.4, -0.2) is 4.57 Å². The van der Waals surface area contributed by atoms with Crippen molar-refractivity contribution in [2.45, 2.75) is 0 Å². The Morgan fingerprint density at radius 2 is 0.957 bits per heavy atom. The van der Waals surface area contributed by atoms with Crippen LogP contribution in [0.25, 0.3) is 60.2 Å². The van der Waals surface area contributed by atoms with E-state index in [1.807, 2.05) is 0 Å². The van der Waals surface area contributed by atoms with Gasteiger partial charge in [0.15, 0.2) is 0 Å². The number of fused-ring (bicyclic) bond motifs is 6. The van der Waals surface area contributed by atoms with E-state index in [0.717, 1.165) is 22.7 Å². The average molecular weight is 587 g/mol. The van der Waals surface area contributed by atoms with Crippen LogP contribution in [-0.2, 0) is 0 Å². The lowest BCUT2D eigenvalue weighted by atomic mass is 9.95. The minimum Gasteiger partial charge on any atom is -0.311 e. The Balaban J connectivity index is 1.28. The molecule has 8 aromatic carbocycles. The van der Waals surface area contributed by atoms with Crippen molar-refractivity contribution in [1.29, 1.82) is 0 Å². The predicted octanol–water partition coefficient (Wildman–Crippen LogP) is 12.2. The second-order valence-corrected chi connectivity index (χ2v) is 11.8. The molecule has 0 radical (unpaired) electrons. The van der Waals surface area contributed by atoms with Crippen LogP contribution in [0.5, 0.6) is 0 Å². The standard InChI is InChI=1S/C44H30N2/c1-3-15-35(16-4-1)45(36-17-5-2-6-18-36)37-25-27-38(28-26-37)46-41-21-11-20-40(34-23-22-31-12-7-8-14-33(31)30-34)44(41)43-39-19-10-9-13-32(39)24-29-42(43)46/h1-30H. The first-order chi connectivity index (χ1) is 22.8. The molecule has 9 rings (SSSR count). The third kappa shape index (κ3) is 4.27. The van der Waals surface area contributed by atoms with Gasteiger partial charge in [-0.2, -0.15) is 0 Å². The van der Waals surface area contributed by atoms with Crippen molar-refractivity contribution in [3.63, 3.8) is 0 Å². The summed E-state index contributed by atoms with van der Waals surface area (Å²) in [5, 5.41) is 7.60. The van der Waals surface area contributed by atoms with Crippen molar-refractivity contribution >= 4 is 60.4 Å². The number of benzene rings is 8. The smallest absolute Gasteiger partial charge is 0.0547 e. The summed E-state index contributed by atoms with van der Waals surface area (Å²) in [6.07, 6.45) is 0. The summed E-state index contributed by atoms with van der Waals surface area (Å²) in [6.45, 7) is 0. The van der Waals surface area contributed by atoms with Crippen molar-refractivity contribution in [2.75, 3.05) is 4.90 Å². The molecular weight excluding hydrogens is 556 g/mol. The maximum absolute atomic E-state index is 2.43. The van der Waals surface area contributed by atoms with Gasteiger partial charge in [0, 0.05) is 33.5 Å². The zero-order valence-electron chi connectivity index (χ0n) is 25.2. The Labute approximate surface area is 268 Å². The first-order valence-corrected chi connectivity index (χ1v) is 15.8. The highest BCUT2D eigenvalue weighted by atomic mass is 15.1. The monoisotopic (exact) mass is 586 g/mol. The summed E-state index contributed by atoms with van der Waals surface area (Å²) in [6, 6.07) is 65.6. The van der Waals surface area contributed by atoms with E-state index in [4.69, 9.17) is 0 Å². The van der Waals surface area contributed by atoms with Crippen molar-refractivity contribution in [1.82, 2.24) is 4.57 Å². The molecule has 216 valence electrons. The second kappa shape index (κ2) is 10.8. The van der Waals surface area contributed by atoms with E-state index < -0.39 is 0 Å². The fourth-order valence-corrected chi connectivity index (χ4v) is 7.06. The Hall–Kier alpha value is -6.12. The quantitative estimate of drug-likeness (QED) is 0.195. The van der Waals surface area contributed by atoms with Gasteiger partial charge < -0.3 is 9.47 Å². The normalized spacial score (nSPS) is 11.5. The minimum atomic E-state index is 1.12. The van der Waals surface area contributed by atoms with Gasteiger partial charge >= 0.3 is 0 Å². The van der Waals surface area contributed by atoms with Crippen LogP contribution in [0.3, 0.4) is 0 Å². The molecule has 2 nitrogen and oxygen atoms in total. The van der Waals surface area contributed by atoms with Crippen LogP contribution >= 0.6 is 0 Å². The zero-order valence-corrected chi connectivity index (χ0v) is 25.2. The summed E-state index contributed by atoms with van der Waals surface area (Å²) in [5.41, 5.74) is 9.40. The lowest BCUT2D eigenvalue weighted by Gasteiger charge is -2.25. The van der Waals surface area contributed by atoms with Crippen LogP contribution in [0.15, 0.2) is 182 Å². The minimum absolute atomic E-state index is 1.12. The Kier molecular flexibility index (Phi) is 6.17. The summed E-state index contributed by atoms with van der Waals surface area (Å²) >= 11 is 0.